The summed E-state index contributed by atoms with van der Waals surface area (Å²) in [7, 11) is 5.17. The van der Waals surface area contributed by atoms with E-state index < -0.39 is 0 Å². The Morgan fingerprint density at radius 3 is 2.56 bits per heavy atom. The predicted octanol–water partition coefficient (Wildman–Crippen LogP) is 2.90. The van der Waals surface area contributed by atoms with Gasteiger partial charge < -0.3 is 19.7 Å². The molecule has 0 aliphatic carbocycles. The number of methoxy groups -OCH3 is 2. The normalized spacial score (nSPS) is 13.0. The van der Waals surface area contributed by atoms with Gasteiger partial charge in [-0.15, -0.1) is 0 Å². The smallest absolute Gasteiger partial charge is 0.275 e. The summed E-state index contributed by atoms with van der Waals surface area (Å²) in [5.74, 6) is 1.31. The van der Waals surface area contributed by atoms with Gasteiger partial charge >= 0.3 is 0 Å². The van der Waals surface area contributed by atoms with Crippen molar-refractivity contribution in [3.8, 4) is 11.5 Å². The lowest BCUT2D eigenvalue weighted by atomic mass is 10.1. The summed E-state index contributed by atoms with van der Waals surface area (Å²) < 4.78 is 10.8. The Labute approximate surface area is 170 Å². The number of hydrogen-bond donors (Lipinski definition) is 2. The van der Waals surface area contributed by atoms with Crippen LogP contribution < -0.4 is 19.7 Å². The van der Waals surface area contributed by atoms with E-state index in [1.807, 2.05) is 38.2 Å². The highest BCUT2D eigenvalue weighted by atomic mass is 35.5. The molecule has 0 aliphatic rings. The van der Waals surface area contributed by atoms with E-state index in [9.17, 15) is 4.79 Å². The number of para-hydroxylation sites is 1. The minimum atomic E-state index is -0.207. The van der Waals surface area contributed by atoms with Crippen LogP contribution in [-0.2, 0) is 11.3 Å². The molecule has 0 aliphatic heterocycles. The molecule has 5 nitrogen and oxygen atoms in total. The fourth-order valence-electron chi connectivity index (χ4n) is 2.98. The Hall–Kier alpha value is -1.95. The maximum Gasteiger partial charge on any atom is 0.275 e. The molecule has 0 heterocycles. The second-order valence-corrected chi connectivity index (χ2v) is 7.26. The summed E-state index contributed by atoms with van der Waals surface area (Å²) in [6.07, 6.45) is 0. The van der Waals surface area contributed by atoms with Crippen molar-refractivity contribution in [3.05, 3.63) is 57.6 Å². The summed E-state index contributed by atoms with van der Waals surface area (Å²) in [6, 6.07) is 10.8. The molecule has 0 saturated heterocycles. The molecule has 0 bridgehead atoms. The number of carbonyl (C=O) groups excluding carboxylic acids is 1. The van der Waals surface area contributed by atoms with Crippen molar-refractivity contribution < 1.29 is 19.2 Å². The van der Waals surface area contributed by atoms with E-state index in [-0.39, 0.29) is 11.9 Å². The van der Waals surface area contributed by atoms with Gasteiger partial charge in [0.1, 0.15) is 6.54 Å². The number of carbonyl (C=O) groups is 1. The highest BCUT2D eigenvalue weighted by molar-refractivity contribution is 6.35. The Balaban J connectivity index is 1.97. The Kier molecular flexibility index (Phi) is 7.78. The van der Waals surface area contributed by atoms with Crippen LogP contribution in [-0.4, -0.2) is 33.7 Å². The number of nitrogens with one attached hydrogen (secondary N) is 2. The molecule has 0 radical (unpaired) electrons. The van der Waals surface area contributed by atoms with Crippen LogP contribution in [0.15, 0.2) is 36.4 Å². The van der Waals surface area contributed by atoms with Gasteiger partial charge in [-0.05, 0) is 36.8 Å². The first kappa shape index (κ1) is 21.4. The zero-order chi connectivity index (χ0) is 20.0. The molecule has 0 fully saturated rings. The fourth-order valence-corrected chi connectivity index (χ4v) is 3.55. The van der Waals surface area contributed by atoms with Crippen molar-refractivity contribution in [3.63, 3.8) is 0 Å². The molecule has 2 aromatic rings. The number of rotatable bonds is 8. The van der Waals surface area contributed by atoms with Gasteiger partial charge in [0.05, 0.1) is 32.9 Å². The van der Waals surface area contributed by atoms with Crippen LogP contribution in [0.25, 0.3) is 0 Å². The second kappa shape index (κ2) is 9.83. The zero-order valence-corrected chi connectivity index (χ0v) is 17.4. The first-order valence-electron chi connectivity index (χ1n) is 8.61. The van der Waals surface area contributed by atoms with Crippen molar-refractivity contribution in [2.45, 2.75) is 19.5 Å². The molecule has 0 aromatic heterocycles. The molecule has 0 spiro atoms. The lowest BCUT2D eigenvalue weighted by molar-refractivity contribution is -0.885. The van der Waals surface area contributed by atoms with Gasteiger partial charge in [-0.1, -0.05) is 35.3 Å². The standard InChI is InChI=1S/C20H24Cl2N2O3/c1-13(16-9-8-15(21)10-17(16)22)23-19(25)12-24(2)11-14-6-5-7-18(26-3)20(14)27-4/h5-10,13H,11-12H2,1-4H3,(H,23,25)/p+1/t13-/m1/s1. The summed E-state index contributed by atoms with van der Waals surface area (Å²) >= 11 is 12.1. The van der Waals surface area contributed by atoms with Crippen molar-refractivity contribution in [1.82, 2.24) is 5.32 Å². The molecule has 146 valence electrons. The molecule has 2 aromatic carbocycles. The van der Waals surface area contributed by atoms with Gasteiger partial charge in [-0.2, -0.15) is 0 Å². The maximum atomic E-state index is 12.4. The Bertz CT molecular complexity index is 799. The Morgan fingerprint density at radius 2 is 1.93 bits per heavy atom. The third-order valence-electron chi connectivity index (χ3n) is 4.25. The predicted molar refractivity (Wildman–Crippen MR) is 108 cm³/mol. The van der Waals surface area contributed by atoms with Gasteiger partial charge in [0.15, 0.2) is 18.0 Å². The van der Waals surface area contributed by atoms with Gasteiger partial charge in [0, 0.05) is 10.0 Å². The van der Waals surface area contributed by atoms with Crippen molar-refractivity contribution in [2.75, 3.05) is 27.8 Å². The van der Waals surface area contributed by atoms with E-state index in [1.165, 1.54) is 0 Å². The number of likely N-dealkylation sites (N-methyl/N-ethyl adjacent to an activating group) is 1. The van der Waals surface area contributed by atoms with E-state index in [4.69, 9.17) is 32.7 Å². The molecular formula is C20H25Cl2N2O3+. The highest BCUT2D eigenvalue weighted by Crippen LogP contribution is 2.30. The number of hydrogen-bond acceptors (Lipinski definition) is 3. The fraction of sp³-hybridized carbons (Fsp3) is 0.350. The third kappa shape index (κ3) is 5.76. The first-order valence-corrected chi connectivity index (χ1v) is 9.36. The van der Waals surface area contributed by atoms with Gasteiger partial charge in [0.2, 0.25) is 0 Å². The largest absolute Gasteiger partial charge is 0.493 e. The van der Waals surface area contributed by atoms with Crippen LogP contribution in [0.1, 0.15) is 24.1 Å². The zero-order valence-electron chi connectivity index (χ0n) is 15.9. The molecule has 27 heavy (non-hydrogen) atoms. The van der Waals surface area contributed by atoms with Gasteiger partial charge in [0.25, 0.3) is 5.91 Å². The van der Waals surface area contributed by atoms with E-state index in [2.05, 4.69) is 5.32 Å². The van der Waals surface area contributed by atoms with Gasteiger partial charge in [-0.3, -0.25) is 4.79 Å². The molecule has 2 N–H and O–H groups in total. The van der Waals surface area contributed by atoms with E-state index in [1.54, 1.807) is 26.4 Å². The van der Waals surface area contributed by atoms with E-state index in [0.29, 0.717) is 34.6 Å². The van der Waals surface area contributed by atoms with Crippen molar-refractivity contribution in [2.24, 2.45) is 0 Å². The van der Waals surface area contributed by atoms with Crippen molar-refractivity contribution >= 4 is 29.1 Å². The van der Waals surface area contributed by atoms with Crippen molar-refractivity contribution in [1.29, 1.82) is 0 Å². The van der Waals surface area contributed by atoms with Gasteiger partial charge in [-0.25, -0.2) is 0 Å². The number of benzene rings is 2. The average molecular weight is 412 g/mol. The number of halogens is 2. The maximum absolute atomic E-state index is 12.4. The quantitative estimate of drug-likeness (QED) is 0.701. The molecular weight excluding hydrogens is 387 g/mol. The molecule has 1 unspecified atom stereocenters. The molecule has 2 rings (SSSR count). The topological polar surface area (TPSA) is 52.0 Å². The number of amides is 1. The Morgan fingerprint density at radius 1 is 1.19 bits per heavy atom. The third-order valence-corrected chi connectivity index (χ3v) is 4.81. The van der Waals surface area contributed by atoms with Crippen LogP contribution in [0.3, 0.4) is 0 Å². The molecule has 0 saturated carbocycles. The molecule has 7 heteroatoms. The van der Waals surface area contributed by atoms with E-state index >= 15 is 0 Å². The van der Waals surface area contributed by atoms with Crippen LogP contribution >= 0.6 is 23.2 Å². The summed E-state index contributed by atoms with van der Waals surface area (Å²) in [5.41, 5.74) is 1.82. The second-order valence-electron chi connectivity index (χ2n) is 6.42. The summed E-state index contributed by atoms with van der Waals surface area (Å²) in [6.45, 7) is 2.84. The van der Waals surface area contributed by atoms with Crippen LogP contribution in [0, 0.1) is 0 Å². The minimum absolute atomic E-state index is 0.0621. The first-order chi connectivity index (χ1) is 12.8. The molecule has 2 atom stereocenters. The lowest BCUT2D eigenvalue weighted by Crippen LogP contribution is -3.08. The van der Waals surface area contributed by atoms with Crippen LogP contribution in [0.5, 0.6) is 11.5 Å². The highest BCUT2D eigenvalue weighted by Gasteiger charge is 2.18. The lowest BCUT2D eigenvalue weighted by Gasteiger charge is -2.19. The SMILES string of the molecule is COc1cccc(C[NH+](C)CC(=O)N[C@H](C)c2ccc(Cl)cc2Cl)c1OC. The van der Waals surface area contributed by atoms with E-state index in [0.717, 1.165) is 16.0 Å². The van der Waals surface area contributed by atoms with Crippen LogP contribution in [0.2, 0.25) is 10.0 Å². The minimum Gasteiger partial charge on any atom is -0.493 e. The monoisotopic (exact) mass is 411 g/mol. The van der Waals surface area contributed by atoms with Crippen LogP contribution in [0.4, 0.5) is 0 Å². The summed E-state index contributed by atoms with van der Waals surface area (Å²) in [4.78, 5) is 13.4. The molecule has 1 amide bonds. The average Bonchev–Trinajstić information content (AvgIpc) is 2.60. The number of ether oxygens (including phenoxy) is 2. The number of quaternary nitrogens is 1. The summed E-state index contributed by atoms with van der Waals surface area (Å²) in [5, 5.41) is 4.09.